The molecule has 0 radical (unpaired) electrons. The first-order valence-corrected chi connectivity index (χ1v) is 10.0. The highest BCUT2D eigenvalue weighted by atomic mass is 16.7. The Kier molecular flexibility index (Phi) is 8.21. The largest absolute Gasteiger partial charge is 0.464 e. The topological polar surface area (TPSA) is 18.5 Å². The second-order valence-corrected chi connectivity index (χ2v) is 8.54. The number of benzene rings is 1. The van der Waals surface area contributed by atoms with E-state index in [0.29, 0.717) is 0 Å². The molecule has 1 aliphatic heterocycles. The Hall–Kier alpha value is -0.795. The summed E-state index contributed by atoms with van der Waals surface area (Å²) in [6, 6.07) is 10.5. The molecule has 0 aliphatic carbocycles. The third kappa shape index (κ3) is 5.86. The highest BCUT2D eigenvalue weighted by Gasteiger charge is 2.56. The zero-order valence-corrected chi connectivity index (χ0v) is 17.8. The van der Waals surface area contributed by atoms with Crippen molar-refractivity contribution in [2.45, 2.75) is 104 Å². The van der Waals surface area contributed by atoms with Crippen LogP contribution < -0.4 is 0 Å². The molecule has 1 heterocycles. The van der Waals surface area contributed by atoms with E-state index in [9.17, 15) is 0 Å². The Labute approximate surface area is 156 Å². The van der Waals surface area contributed by atoms with E-state index in [1.807, 2.05) is 6.07 Å². The van der Waals surface area contributed by atoms with Crippen LogP contribution in [0.1, 0.15) is 86.6 Å². The average Bonchev–Trinajstić information content (AvgIpc) is 2.82. The predicted octanol–water partition coefficient (Wildman–Crippen LogP) is 6.69. The molecule has 1 fully saturated rings. The summed E-state index contributed by atoms with van der Waals surface area (Å²) in [7, 11) is -0.0657. The van der Waals surface area contributed by atoms with E-state index < -0.39 is 0 Å². The molecule has 1 saturated heterocycles. The molecule has 0 saturated carbocycles. The number of hydrogen-bond acceptors (Lipinski definition) is 2. The Balaban J connectivity index is 0.000000324. The third-order valence-corrected chi connectivity index (χ3v) is 5.98. The molecule has 0 amide bonds. The Morgan fingerprint density at radius 1 is 0.920 bits per heavy atom. The predicted molar refractivity (Wildman–Crippen MR) is 110 cm³/mol. The quantitative estimate of drug-likeness (QED) is 0.534. The summed E-state index contributed by atoms with van der Waals surface area (Å²) in [4.78, 5) is 0. The van der Waals surface area contributed by atoms with Crippen molar-refractivity contribution in [1.29, 1.82) is 0 Å². The van der Waals surface area contributed by atoms with E-state index >= 15 is 0 Å². The maximum Gasteiger partial charge on any atom is 0.464 e. The van der Waals surface area contributed by atoms with Gasteiger partial charge in [-0.1, -0.05) is 77.3 Å². The molecule has 1 aromatic carbocycles. The Morgan fingerprint density at radius 2 is 1.44 bits per heavy atom. The normalized spacial score (nSPS) is 20.6. The maximum atomic E-state index is 6.19. The van der Waals surface area contributed by atoms with Gasteiger partial charge in [-0.05, 0) is 46.1 Å². The minimum absolute atomic E-state index is 0.0657. The summed E-state index contributed by atoms with van der Waals surface area (Å²) >= 11 is 0. The average molecular weight is 346 g/mol. The lowest BCUT2D eigenvalue weighted by Gasteiger charge is -2.32. The van der Waals surface area contributed by atoms with Gasteiger partial charge >= 0.3 is 7.12 Å². The van der Waals surface area contributed by atoms with Gasteiger partial charge < -0.3 is 9.31 Å². The maximum absolute atomic E-state index is 6.19. The zero-order chi connectivity index (χ0) is 19.1. The highest BCUT2D eigenvalue weighted by molar-refractivity contribution is 6.49. The fourth-order valence-corrected chi connectivity index (χ4v) is 2.88. The summed E-state index contributed by atoms with van der Waals surface area (Å²) < 4.78 is 12.4. The van der Waals surface area contributed by atoms with Crippen molar-refractivity contribution in [2.75, 3.05) is 0 Å². The molecule has 2 rings (SSSR count). The zero-order valence-electron chi connectivity index (χ0n) is 17.8. The van der Waals surface area contributed by atoms with Crippen LogP contribution in [-0.2, 0) is 15.7 Å². The van der Waals surface area contributed by atoms with Crippen molar-refractivity contribution >= 4 is 7.12 Å². The van der Waals surface area contributed by atoms with Crippen LogP contribution >= 0.6 is 0 Å². The minimum Gasteiger partial charge on any atom is -0.403 e. The monoisotopic (exact) mass is 346 g/mol. The molecular formula is C22H39BO2. The number of unbranched alkanes of at least 4 members (excludes halogenated alkanes) is 1. The number of hydrogen-bond donors (Lipinski definition) is 0. The van der Waals surface area contributed by atoms with Crippen molar-refractivity contribution in [1.82, 2.24) is 0 Å². The fraction of sp³-hybridized carbons (Fsp3) is 0.727. The van der Waals surface area contributed by atoms with Gasteiger partial charge in [-0.3, -0.25) is 0 Å². The Morgan fingerprint density at radius 3 is 1.80 bits per heavy atom. The van der Waals surface area contributed by atoms with Crippen molar-refractivity contribution in [2.24, 2.45) is 0 Å². The van der Waals surface area contributed by atoms with Crippen LogP contribution in [0.25, 0.3) is 0 Å². The van der Waals surface area contributed by atoms with Gasteiger partial charge in [0.1, 0.15) is 0 Å². The van der Waals surface area contributed by atoms with Gasteiger partial charge in [-0.15, -0.1) is 0 Å². The van der Waals surface area contributed by atoms with E-state index in [0.717, 1.165) is 12.8 Å². The van der Waals surface area contributed by atoms with Gasteiger partial charge in [0, 0.05) is 5.31 Å². The summed E-state index contributed by atoms with van der Waals surface area (Å²) in [5.74, 6) is 0. The first-order valence-electron chi connectivity index (χ1n) is 10.0. The first-order chi connectivity index (χ1) is 11.6. The van der Waals surface area contributed by atoms with E-state index in [1.54, 1.807) is 0 Å². The van der Waals surface area contributed by atoms with Crippen LogP contribution in [0.15, 0.2) is 30.3 Å². The van der Waals surface area contributed by atoms with Crippen LogP contribution in [0.4, 0.5) is 0 Å². The van der Waals surface area contributed by atoms with Crippen LogP contribution in [0.3, 0.4) is 0 Å². The van der Waals surface area contributed by atoms with Crippen molar-refractivity contribution in [3.63, 3.8) is 0 Å². The van der Waals surface area contributed by atoms with E-state index in [1.165, 1.54) is 24.8 Å². The van der Waals surface area contributed by atoms with Gasteiger partial charge in [-0.2, -0.15) is 0 Å². The fourth-order valence-electron chi connectivity index (χ4n) is 2.88. The second-order valence-electron chi connectivity index (χ2n) is 8.54. The smallest absolute Gasteiger partial charge is 0.403 e. The van der Waals surface area contributed by atoms with Gasteiger partial charge in [0.25, 0.3) is 0 Å². The summed E-state index contributed by atoms with van der Waals surface area (Å²) in [6.45, 7) is 17.4. The molecule has 2 nitrogen and oxygen atoms in total. The lowest BCUT2D eigenvalue weighted by molar-refractivity contribution is 0.00578. The number of rotatable bonds is 6. The third-order valence-electron chi connectivity index (χ3n) is 5.98. The molecule has 1 atom stereocenters. The van der Waals surface area contributed by atoms with Gasteiger partial charge in [-0.25, -0.2) is 0 Å². The van der Waals surface area contributed by atoms with E-state index in [-0.39, 0.29) is 23.6 Å². The molecule has 0 bridgehead atoms. The van der Waals surface area contributed by atoms with Crippen molar-refractivity contribution in [3.05, 3.63) is 35.9 Å². The molecule has 142 valence electrons. The van der Waals surface area contributed by atoms with E-state index in [2.05, 4.69) is 79.7 Å². The summed E-state index contributed by atoms with van der Waals surface area (Å²) in [6.07, 6.45) is 5.89. The SMILES string of the molecule is CCCCC(C)(CC)B1OC(C)(C)C(C)(C)O1.CCc1ccccc1. The lowest BCUT2D eigenvalue weighted by Crippen LogP contribution is -2.41. The van der Waals surface area contributed by atoms with E-state index in [4.69, 9.17) is 9.31 Å². The Bertz CT molecular complexity index is 482. The molecule has 25 heavy (non-hydrogen) atoms. The molecule has 0 N–H and O–H groups in total. The second kappa shape index (κ2) is 9.23. The standard InChI is InChI=1S/C14H29BO2.C8H10/c1-8-10-11-14(7,9-2)15-16-12(3,4)13(5,6)17-15;1-2-8-6-4-3-5-7-8/h8-11H2,1-7H3;3-7H,2H2,1H3. The molecule has 1 unspecified atom stereocenters. The van der Waals surface area contributed by atoms with Crippen LogP contribution in [0, 0.1) is 0 Å². The molecule has 0 spiro atoms. The summed E-state index contributed by atoms with van der Waals surface area (Å²) in [5.41, 5.74) is 0.994. The molecule has 1 aliphatic rings. The van der Waals surface area contributed by atoms with Crippen molar-refractivity contribution in [3.8, 4) is 0 Å². The highest BCUT2D eigenvalue weighted by Crippen LogP contribution is 2.48. The van der Waals surface area contributed by atoms with Crippen LogP contribution in [-0.4, -0.2) is 18.3 Å². The van der Waals surface area contributed by atoms with Gasteiger partial charge in [0.2, 0.25) is 0 Å². The first kappa shape index (κ1) is 22.2. The lowest BCUT2D eigenvalue weighted by atomic mass is 9.55. The molecular weight excluding hydrogens is 307 g/mol. The van der Waals surface area contributed by atoms with Gasteiger partial charge in [0.15, 0.2) is 0 Å². The van der Waals surface area contributed by atoms with Gasteiger partial charge in [0.05, 0.1) is 11.2 Å². The summed E-state index contributed by atoms with van der Waals surface area (Å²) in [5, 5.41) is 0.140. The van der Waals surface area contributed by atoms with Crippen LogP contribution in [0.5, 0.6) is 0 Å². The number of aryl methyl sites for hydroxylation is 1. The molecule has 0 aromatic heterocycles. The molecule has 3 heteroatoms. The molecule has 1 aromatic rings. The van der Waals surface area contributed by atoms with Crippen molar-refractivity contribution < 1.29 is 9.31 Å². The van der Waals surface area contributed by atoms with Crippen LogP contribution in [0.2, 0.25) is 5.31 Å². The minimum atomic E-state index is -0.208.